The van der Waals surface area contributed by atoms with Crippen molar-refractivity contribution in [2.45, 2.75) is 31.3 Å². The first-order valence-electron chi connectivity index (χ1n) is 11.9. The molecule has 2 aliphatic heterocycles. The number of likely N-dealkylation sites (N-methyl/N-ethyl adjacent to an activating group) is 1. The number of benzene rings is 2. The SMILES string of the molecule is C=C1N(CCCN(C)CCO)C(=O)[C@]2(C)Cc3c([nH]c4ccc(Br)cc34)[C@@H](c3cccc(O)c3)N12. The van der Waals surface area contributed by atoms with E-state index >= 15 is 0 Å². The number of aromatic hydroxyl groups is 1. The third-order valence-electron chi connectivity index (χ3n) is 7.37. The van der Waals surface area contributed by atoms with Crippen molar-refractivity contribution in [1.82, 2.24) is 19.7 Å². The summed E-state index contributed by atoms with van der Waals surface area (Å²) in [7, 11) is 1.97. The number of hydrogen-bond donors (Lipinski definition) is 3. The van der Waals surface area contributed by atoms with Gasteiger partial charge in [-0.05, 0) is 68.4 Å². The number of carbonyl (C=O) groups is 1. The fourth-order valence-electron chi connectivity index (χ4n) is 5.68. The Balaban J connectivity index is 1.58. The molecule has 184 valence electrons. The third kappa shape index (κ3) is 3.93. The Morgan fingerprint density at radius 2 is 2.06 bits per heavy atom. The molecule has 3 aromatic rings. The number of aromatic amines is 1. The minimum Gasteiger partial charge on any atom is -0.508 e. The molecule has 8 heteroatoms. The largest absolute Gasteiger partial charge is 0.508 e. The van der Waals surface area contributed by atoms with E-state index in [2.05, 4.69) is 49.4 Å². The molecule has 1 fully saturated rings. The van der Waals surface area contributed by atoms with Crippen molar-refractivity contribution in [3.8, 4) is 5.75 Å². The van der Waals surface area contributed by atoms with E-state index in [9.17, 15) is 9.90 Å². The van der Waals surface area contributed by atoms with Crippen LogP contribution in [0.15, 0.2) is 59.3 Å². The van der Waals surface area contributed by atoms with Gasteiger partial charge in [0.05, 0.1) is 12.6 Å². The summed E-state index contributed by atoms with van der Waals surface area (Å²) in [5.41, 5.74) is 3.28. The summed E-state index contributed by atoms with van der Waals surface area (Å²) < 4.78 is 0.990. The Bertz CT molecular complexity index is 1300. The summed E-state index contributed by atoms with van der Waals surface area (Å²) in [6.45, 7) is 8.45. The Hall–Kier alpha value is -2.81. The second-order valence-corrected chi connectivity index (χ2v) is 10.7. The zero-order valence-corrected chi connectivity index (χ0v) is 21.7. The summed E-state index contributed by atoms with van der Waals surface area (Å²) >= 11 is 3.60. The number of rotatable bonds is 7. The van der Waals surface area contributed by atoms with E-state index < -0.39 is 5.54 Å². The van der Waals surface area contributed by atoms with Crippen molar-refractivity contribution in [1.29, 1.82) is 0 Å². The highest BCUT2D eigenvalue weighted by Gasteiger charge is 2.57. The Morgan fingerprint density at radius 3 is 2.80 bits per heavy atom. The Kier molecular flexibility index (Phi) is 6.15. The first-order chi connectivity index (χ1) is 16.7. The molecular weight excluding hydrogens is 508 g/mol. The summed E-state index contributed by atoms with van der Waals surface area (Å²) in [5.74, 6) is 0.920. The van der Waals surface area contributed by atoms with Gasteiger partial charge in [0.25, 0.3) is 5.91 Å². The van der Waals surface area contributed by atoms with E-state index in [-0.39, 0.29) is 24.3 Å². The molecule has 3 heterocycles. The molecule has 0 aliphatic carbocycles. The molecule has 5 rings (SSSR count). The molecular formula is C27H31BrN4O3. The second kappa shape index (κ2) is 9.00. The van der Waals surface area contributed by atoms with E-state index in [0.29, 0.717) is 25.3 Å². The number of aromatic nitrogens is 1. The summed E-state index contributed by atoms with van der Waals surface area (Å²) in [5, 5.41) is 20.6. The molecule has 1 saturated heterocycles. The first-order valence-corrected chi connectivity index (χ1v) is 12.7. The number of carbonyl (C=O) groups excluding carboxylic acids is 1. The van der Waals surface area contributed by atoms with Gasteiger partial charge in [-0.1, -0.05) is 34.6 Å². The van der Waals surface area contributed by atoms with Gasteiger partial charge in [0.1, 0.15) is 17.1 Å². The number of phenols is 1. The van der Waals surface area contributed by atoms with Gasteiger partial charge >= 0.3 is 0 Å². The van der Waals surface area contributed by atoms with Gasteiger partial charge < -0.3 is 25.0 Å². The molecule has 0 unspecified atom stereocenters. The van der Waals surface area contributed by atoms with Gasteiger partial charge in [-0.15, -0.1) is 0 Å². The Labute approximate surface area is 213 Å². The molecule has 1 aromatic heterocycles. The number of fused-ring (bicyclic) bond motifs is 4. The van der Waals surface area contributed by atoms with E-state index in [1.54, 1.807) is 12.1 Å². The highest BCUT2D eigenvalue weighted by Crippen LogP contribution is 2.51. The van der Waals surface area contributed by atoms with Crippen molar-refractivity contribution in [3.05, 3.63) is 76.2 Å². The number of amides is 1. The van der Waals surface area contributed by atoms with Crippen molar-refractivity contribution < 1.29 is 15.0 Å². The molecule has 2 atom stereocenters. The topological polar surface area (TPSA) is 83.0 Å². The van der Waals surface area contributed by atoms with Crippen molar-refractivity contribution in [2.75, 3.05) is 33.3 Å². The van der Waals surface area contributed by atoms with Crippen LogP contribution in [0.4, 0.5) is 0 Å². The number of phenolic OH excluding ortho intramolecular Hbond substituents is 1. The number of halogens is 1. The zero-order chi connectivity index (χ0) is 24.9. The lowest BCUT2D eigenvalue weighted by Gasteiger charge is -2.44. The molecule has 2 aliphatic rings. The van der Waals surface area contributed by atoms with Gasteiger partial charge in [0.15, 0.2) is 0 Å². The van der Waals surface area contributed by atoms with Crippen molar-refractivity contribution >= 4 is 32.7 Å². The maximum atomic E-state index is 14.0. The molecule has 0 spiro atoms. The highest BCUT2D eigenvalue weighted by molar-refractivity contribution is 9.10. The van der Waals surface area contributed by atoms with Crippen LogP contribution >= 0.6 is 15.9 Å². The van der Waals surface area contributed by atoms with E-state index in [1.807, 2.05) is 37.1 Å². The van der Waals surface area contributed by atoms with Crippen LogP contribution in [0.3, 0.4) is 0 Å². The number of H-pyrrole nitrogens is 1. The van der Waals surface area contributed by atoms with Crippen LogP contribution in [0.5, 0.6) is 5.75 Å². The lowest BCUT2D eigenvalue weighted by atomic mass is 9.81. The molecule has 0 saturated carbocycles. The van der Waals surface area contributed by atoms with Crippen molar-refractivity contribution in [3.63, 3.8) is 0 Å². The molecule has 35 heavy (non-hydrogen) atoms. The van der Waals surface area contributed by atoms with Crippen LogP contribution in [0, 0.1) is 0 Å². The lowest BCUT2D eigenvalue weighted by Crippen LogP contribution is -2.52. The standard InChI is InChI=1S/C27H31BrN4O3/c1-17-31(11-5-10-30(3)12-13-33)26(35)27(2)16-22-21-15-19(28)8-9-23(21)29-24(22)25(32(17)27)18-6-4-7-20(34)14-18/h4,6-9,14-15,25,29,33-34H,1,5,10-13,16H2,2-3H3/t25-,27+/m1/s1. The van der Waals surface area contributed by atoms with Crippen LogP contribution in [0.2, 0.25) is 0 Å². The van der Waals surface area contributed by atoms with Gasteiger partial charge in [0, 0.05) is 40.6 Å². The number of hydrogen-bond acceptors (Lipinski definition) is 5. The summed E-state index contributed by atoms with van der Waals surface area (Å²) in [6.07, 6.45) is 1.34. The van der Waals surface area contributed by atoms with Crippen LogP contribution < -0.4 is 0 Å². The minimum atomic E-state index is -0.797. The quantitative estimate of drug-likeness (QED) is 0.424. The molecule has 7 nitrogen and oxygen atoms in total. The van der Waals surface area contributed by atoms with Crippen LogP contribution in [-0.4, -0.2) is 74.6 Å². The average Bonchev–Trinajstić information content (AvgIpc) is 3.25. The predicted octanol–water partition coefficient (Wildman–Crippen LogP) is 3.97. The number of aliphatic hydroxyl groups excluding tert-OH is 1. The van der Waals surface area contributed by atoms with Gasteiger partial charge in [-0.3, -0.25) is 9.69 Å². The number of nitrogens with zero attached hydrogens (tertiary/aromatic N) is 3. The fourth-order valence-corrected chi connectivity index (χ4v) is 6.04. The molecule has 2 aromatic carbocycles. The normalized spacial score (nSPS) is 21.8. The maximum Gasteiger partial charge on any atom is 0.254 e. The predicted molar refractivity (Wildman–Crippen MR) is 140 cm³/mol. The minimum absolute atomic E-state index is 0.0486. The second-order valence-electron chi connectivity index (χ2n) is 9.78. The fraction of sp³-hybridized carbons (Fsp3) is 0.370. The van der Waals surface area contributed by atoms with Gasteiger partial charge in [-0.2, -0.15) is 0 Å². The molecule has 0 bridgehead atoms. The van der Waals surface area contributed by atoms with E-state index in [1.165, 1.54) is 0 Å². The monoisotopic (exact) mass is 538 g/mol. The first kappa shape index (κ1) is 23.9. The average molecular weight is 539 g/mol. The zero-order valence-electron chi connectivity index (χ0n) is 20.1. The number of aliphatic hydroxyl groups is 1. The van der Waals surface area contributed by atoms with Crippen molar-refractivity contribution in [2.24, 2.45) is 0 Å². The third-order valence-corrected chi connectivity index (χ3v) is 7.86. The van der Waals surface area contributed by atoms with E-state index in [4.69, 9.17) is 5.11 Å². The maximum absolute atomic E-state index is 14.0. The number of nitrogens with one attached hydrogen (secondary N) is 1. The smallest absolute Gasteiger partial charge is 0.254 e. The summed E-state index contributed by atoms with van der Waals surface area (Å²) in [6, 6.07) is 13.1. The highest BCUT2D eigenvalue weighted by atomic mass is 79.9. The molecule has 1 amide bonds. The van der Waals surface area contributed by atoms with Gasteiger partial charge in [0.2, 0.25) is 0 Å². The van der Waals surface area contributed by atoms with Crippen LogP contribution in [0.1, 0.15) is 36.2 Å². The van der Waals surface area contributed by atoms with E-state index in [0.717, 1.165) is 45.2 Å². The van der Waals surface area contributed by atoms with Gasteiger partial charge in [-0.25, -0.2) is 0 Å². The molecule has 3 N–H and O–H groups in total. The molecule has 0 radical (unpaired) electrons. The lowest BCUT2D eigenvalue weighted by molar-refractivity contribution is -0.133. The van der Waals surface area contributed by atoms with Crippen LogP contribution in [0.25, 0.3) is 10.9 Å². The van der Waals surface area contributed by atoms with Crippen LogP contribution in [-0.2, 0) is 11.2 Å². The summed E-state index contributed by atoms with van der Waals surface area (Å²) in [4.78, 5) is 23.6. The Morgan fingerprint density at radius 1 is 1.26 bits per heavy atom.